The van der Waals surface area contributed by atoms with Gasteiger partial charge in [0.05, 0.1) is 24.1 Å². The second kappa shape index (κ2) is 6.64. The largest absolute Gasteiger partial charge is 0.481 e. The van der Waals surface area contributed by atoms with E-state index in [2.05, 4.69) is 0 Å². The molecule has 0 saturated carbocycles. The molecule has 0 radical (unpaired) electrons. The number of carbonyl (C=O) groups is 1. The number of aliphatic carboxylic acids is 1. The Labute approximate surface area is 122 Å². The minimum Gasteiger partial charge on any atom is -0.481 e. The van der Waals surface area contributed by atoms with Crippen LogP contribution >= 0.6 is 0 Å². The number of para-hydroxylation sites is 1. The molecule has 7 heteroatoms. The van der Waals surface area contributed by atoms with Crippen LogP contribution in [0.2, 0.25) is 0 Å². The van der Waals surface area contributed by atoms with Gasteiger partial charge in [0.2, 0.25) is 0 Å². The molecular formula is C14H18N2O5. The highest BCUT2D eigenvalue weighted by atomic mass is 16.6. The Kier molecular flexibility index (Phi) is 4.87. The fourth-order valence-corrected chi connectivity index (χ4v) is 2.62. The van der Waals surface area contributed by atoms with Crippen LogP contribution in [0.3, 0.4) is 0 Å². The summed E-state index contributed by atoms with van der Waals surface area (Å²) in [6.45, 7) is 3.41. The summed E-state index contributed by atoms with van der Waals surface area (Å²) in [5.41, 5.74) is 0.727. The number of rotatable bonds is 5. The third-order valence-corrected chi connectivity index (χ3v) is 3.70. The highest BCUT2D eigenvalue weighted by Crippen LogP contribution is 2.30. The van der Waals surface area contributed by atoms with Crippen molar-refractivity contribution in [3.8, 4) is 0 Å². The van der Waals surface area contributed by atoms with E-state index in [0.29, 0.717) is 25.3 Å². The molecule has 0 spiro atoms. The third-order valence-electron chi connectivity index (χ3n) is 3.70. The van der Waals surface area contributed by atoms with Gasteiger partial charge < -0.3 is 9.84 Å². The number of nitrogens with zero attached hydrogens (tertiary/aromatic N) is 2. The van der Waals surface area contributed by atoms with Crippen LogP contribution in [0.25, 0.3) is 0 Å². The number of carboxylic acid groups (broad SMARTS) is 1. The minimum absolute atomic E-state index is 0.0555. The molecular weight excluding hydrogens is 276 g/mol. The first-order chi connectivity index (χ1) is 9.99. The van der Waals surface area contributed by atoms with Crippen molar-refractivity contribution in [2.24, 2.45) is 0 Å². The van der Waals surface area contributed by atoms with E-state index in [9.17, 15) is 14.9 Å². The van der Waals surface area contributed by atoms with Crippen molar-refractivity contribution in [3.05, 3.63) is 39.9 Å². The summed E-state index contributed by atoms with van der Waals surface area (Å²) in [6.07, 6.45) is -0.429. The molecule has 2 unspecified atom stereocenters. The second-order valence-electron chi connectivity index (χ2n) is 5.08. The molecule has 1 N–H and O–H groups in total. The van der Waals surface area contributed by atoms with Gasteiger partial charge >= 0.3 is 5.97 Å². The number of ether oxygens (including phenoxy) is 1. The van der Waals surface area contributed by atoms with E-state index in [1.165, 1.54) is 6.07 Å². The Bertz CT molecular complexity index is 534. The molecule has 0 amide bonds. The van der Waals surface area contributed by atoms with Gasteiger partial charge in [-0.25, -0.2) is 0 Å². The van der Waals surface area contributed by atoms with Gasteiger partial charge in [-0.1, -0.05) is 18.2 Å². The number of hydrogen-bond acceptors (Lipinski definition) is 5. The van der Waals surface area contributed by atoms with E-state index < -0.39 is 5.97 Å². The summed E-state index contributed by atoms with van der Waals surface area (Å²) in [4.78, 5) is 23.5. The Balaban J connectivity index is 2.14. The number of nitro groups is 1. The number of carboxylic acids is 1. The predicted octanol–water partition coefficient (Wildman–Crippen LogP) is 1.83. The first-order valence-corrected chi connectivity index (χ1v) is 6.79. The number of hydrogen-bond donors (Lipinski definition) is 1. The number of morpholine rings is 1. The molecule has 0 aromatic heterocycles. The van der Waals surface area contributed by atoms with Crippen molar-refractivity contribution >= 4 is 11.7 Å². The van der Waals surface area contributed by atoms with Gasteiger partial charge in [-0.05, 0) is 6.92 Å². The van der Waals surface area contributed by atoms with Crippen LogP contribution in [-0.4, -0.2) is 46.7 Å². The lowest BCUT2D eigenvalue weighted by atomic mass is 10.0. The third kappa shape index (κ3) is 3.77. The van der Waals surface area contributed by atoms with E-state index in [1.807, 2.05) is 11.8 Å². The highest BCUT2D eigenvalue weighted by Gasteiger charge is 2.29. The van der Waals surface area contributed by atoms with Crippen LogP contribution < -0.4 is 0 Å². The average molecular weight is 294 g/mol. The van der Waals surface area contributed by atoms with E-state index in [1.54, 1.807) is 18.2 Å². The Morgan fingerprint density at radius 3 is 2.95 bits per heavy atom. The topological polar surface area (TPSA) is 92.9 Å². The lowest BCUT2D eigenvalue weighted by Gasteiger charge is -2.36. The molecule has 21 heavy (non-hydrogen) atoms. The minimum atomic E-state index is -0.903. The molecule has 2 atom stereocenters. The summed E-state index contributed by atoms with van der Waals surface area (Å²) < 4.78 is 5.43. The van der Waals surface area contributed by atoms with Crippen molar-refractivity contribution in [1.82, 2.24) is 4.90 Å². The van der Waals surface area contributed by atoms with Crippen molar-refractivity contribution < 1.29 is 19.6 Å². The van der Waals surface area contributed by atoms with Crippen molar-refractivity contribution in [1.29, 1.82) is 0 Å². The fraction of sp³-hybridized carbons (Fsp3) is 0.500. The Morgan fingerprint density at radius 2 is 2.29 bits per heavy atom. The van der Waals surface area contributed by atoms with E-state index in [4.69, 9.17) is 9.84 Å². The van der Waals surface area contributed by atoms with Gasteiger partial charge in [-0.15, -0.1) is 0 Å². The molecule has 1 aromatic carbocycles. The summed E-state index contributed by atoms with van der Waals surface area (Å²) in [6, 6.07) is 6.48. The Hall–Kier alpha value is -1.99. The molecule has 1 aliphatic rings. The monoisotopic (exact) mass is 294 g/mol. The molecule has 7 nitrogen and oxygen atoms in total. The molecule has 1 aromatic rings. The van der Waals surface area contributed by atoms with Crippen LogP contribution in [-0.2, 0) is 9.53 Å². The van der Waals surface area contributed by atoms with Crippen LogP contribution in [0.15, 0.2) is 24.3 Å². The molecule has 2 rings (SSSR count). The number of benzene rings is 1. The molecule has 0 aliphatic carbocycles. The molecule has 114 valence electrons. The van der Waals surface area contributed by atoms with Gasteiger partial charge in [0.25, 0.3) is 5.69 Å². The number of nitro benzene ring substituents is 1. The van der Waals surface area contributed by atoms with Crippen LogP contribution in [0.1, 0.15) is 24.9 Å². The first kappa shape index (κ1) is 15.4. The maximum atomic E-state index is 11.1. The second-order valence-corrected chi connectivity index (χ2v) is 5.08. The van der Waals surface area contributed by atoms with E-state index in [-0.39, 0.29) is 29.2 Å². The maximum Gasteiger partial charge on any atom is 0.306 e. The summed E-state index contributed by atoms with van der Waals surface area (Å²) in [5, 5.41) is 19.9. The smallest absolute Gasteiger partial charge is 0.306 e. The van der Waals surface area contributed by atoms with Gasteiger partial charge in [0.15, 0.2) is 0 Å². The van der Waals surface area contributed by atoms with Crippen molar-refractivity contribution in [2.75, 3.05) is 19.7 Å². The lowest BCUT2D eigenvalue weighted by Crippen LogP contribution is -2.44. The van der Waals surface area contributed by atoms with Gasteiger partial charge in [-0.3, -0.25) is 19.8 Å². The first-order valence-electron chi connectivity index (χ1n) is 6.79. The summed E-state index contributed by atoms with van der Waals surface area (Å²) in [7, 11) is 0. The predicted molar refractivity (Wildman–Crippen MR) is 75.1 cm³/mol. The van der Waals surface area contributed by atoms with E-state index in [0.717, 1.165) is 0 Å². The van der Waals surface area contributed by atoms with Gasteiger partial charge in [-0.2, -0.15) is 0 Å². The maximum absolute atomic E-state index is 11.1. The van der Waals surface area contributed by atoms with Crippen molar-refractivity contribution in [3.63, 3.8) is 0 Å². The average Bonchev–Trinajstić information content (AvgIpc) is 2.46. The highest BCUT2D eigenvalue weighted by molar-refractivity contribution is 5.67. The summed E-state index contributed by atoms with van der Waals surface area (Å²) >= 11 is 0. The fourth-order valence-electron chi connectivity index (χ4n) is 2.62. The zero-order valence-corrected chi connectivity index (χ0v) is 11.8. The molecule has 1 heterocycles. The van der Waals surface area contributed by atoms with Gasteiger partial charge in [0, 0.05) is 30.8 Å². The quantitative estimate of drug-likeness (QED) is 0.658. The standard InChI is InChI=1S/C14H18N2O5/c1-10(12-4-2-3-5-13(12)16(19)20)15-6-7-21-11(9-15)8-14(17)18/h2-5,10-11H,6-9H2,1H3,(H,17,18). The van der Waals surface area contributed by atoms with Crippen LogP contribution in [0, 0.1) is 10.1 Å². The van der Waals surface area contributed by atoms with Gasteiger partial charge in [0.1, 0.15) is 0 Å². The van der Waals surface area contributed by atoms with Crippen LogP contribution in [0.5, 0.6) is 0 Å². The SMILES string of the molecule is CC(c1ccccc1[N+](=O)[O-])N1CCOC(CC(=O)O)C1. The Morgan fingerprint density at radius 1 is 1.57 bits per heavy atom. The molecule has 0 bridgehead atoms. The normalized spacial score (nSPS) is 20.9. The van der Waals surface area contributed by atoms with E-state index >= 15 is 0 Å². The molecule has 1 aliphatic heterocycles. The molecule has 1 fully saturated rings. The summed E-state index contributed by atoms with van der Waals surface area (Å²) in [5.74, 6) is -0.903. The molecule has 1 saturated heterocycles. The zero-order chi connectivity index (χ0) is 15.4. The lowest BCUT2D eigenvalue weighted by molar-refractivity contribution is -0.386. The van der Waals surface area contributed by atoms with Crippen molar-refractivity contribution in [2.45, 2.75) is 25.5 Å². The van der Waals surface area contributed by atoms with Crippen LogP contribution in [0.4, 0.5) is 5.69 Å². The zero-order valence-electron chi connectivity index (χ0n) is 11.8.